The first kappa shape index (κ1) is 14.9. The minimum Gasteiger partial charge on any atom is -0.494 e. The van der Waals surface area contributed by atoms with Gasteiger partial charge in [-0.15, -0.1) is 0 Å². The third-order valence-corrected chi connectivity index (χ3v) is 2.94. The predicted molar refractivity (Wildman–Crippen MR) is 84.0 cm³/mol. The van der Waals surface area contributed by atoms with Crippen molar-refractivity contribution in [3.8, 4) is 11.5 Å². The second kappa shape index (κ2) is 7.33. The highest BCUT2D eigenvalue weighted by Gasteiger charge is 2.01. The number of benzene rings is 2. The van der Waals surface area contributed by atoms with Crippen molar-refractivity contribution in [1.29, 1.82) is 5.41 Å². The third-order valence-electron chi connectivity index (χ3n) is 2.94. The molecule has 0 fully saturated rings. The van der Waals surface area contributed by atoms with Gasteiger partial charge < -0.3 is 15.2 Å². The Bertz CT molecular complexity index is 594. The fourth-order valence-electron chi connectivity index (χ4n) is 1.85. The van der Waals surface area contributed by atoms with Gasteiger partial charge in [0.25, 0.3) is 0 Å². The Morgan fingerprint density at radius 2 is 1.71 bits per heavy atom. The molecule has 2 aromatic carbocycles. The van der Waals surface area contributed by atoms with Crippen molar-refractivity contribution >= 4 is 5.84 Å². The molecule has 4 nitrogen and oxygen atoms in total. The zero-order valence-electron chi connectivity index (χ0n) is 12.1. The van der Waals surface area contributed by atoms with Gasteiger partial charge in [0.05, 0.1) is 6.61 Å². The van der Waals surface area contributed by atoms with E-state index in [0.29, 0.717) is 12.2 Å². The largest absolute Gasteiger partial charge is 0.494 e. The highest BCUT2D eigenvalue weighted by atomic mass is 16.5. The van der Waals surface area contributed by atoms with Crippen LogP contribution in [0, 0.1) is 5.41 Å². The molecular formula is C17H20N2O2. The molecule has 0 saturated carbocycles. The summed E-state index contributed by atoms with van der Waals surface area (Å²) in [5.41, 5.74) is 7.16. The lowest BCUT2D eigenvalue weighted by Crippen LogP contribution is -2.11. The van der Waals surface area contributed by atoms with Crippen molar-refractivity contribution in [2.24, 2.45) is 5.73 Å². The molecule has 0 heterocycles. The Hall–Kier alpha value is -2.49. The van der Waals surface area contributed by atoms with E-state index >= 15 is 0 Å². The zero-order chi connectivity index (χ0) is 15.1. The molecule has 0 radical (unpaired) electrons. The van der Waals surface area contributed by atoms with Crippen LogP contribution in [0.1, 0.15) is 24.5 Å². The van der Waals surface area contributed by atoms with E-state index in [2.05, 4.69) is 6.92 Å². The standard InChI is InChI=1S/C17H20N2O2/c1-2-10-20-15-6-8-16(9-7-15)21-12-13-4-3-5-14(11-13)17(18)19/h3-9,11H,2,10,12H2,1H3,(H3,18,19). The monoisotopic (exact) mass is 284 g/mol. The van der Waals surface area contributed by atoms with Gasteiger partial charge in [-0.3, -0.25) is 5.41 Å². The second-order valence-electron chi connectivity index (χ2n) is 4.72. The van der Waals surface area contributed by atoms with Crippen LogP contribution in [0.15, 0.2) is 48.5 Å². The summed E-state index contributed by atoms with van der Waals surface area (Å²) in [6.07, 6.45) is 0.991. The Morgan fingerprint density at radius 1 is 1.05 bits per heavy atom. The molecule has 110 valence electrons. The van der Waals surface area contributed by atoms with Crippen molar-refractivity contribution in [2.45, 2.75) is 20.0 Å². The average Bonchev–Trinajstić information content (AvgIpc) is 2.52. The number of nitrogens with one attached hydrogen (secondary N) is 1. The molecule has 3 N–H and O–H groups in total. The number of ether oxygens (including phenoxy) is 2. The lowest BCUT2D eigenvalue weighted by atomic mass is 10.1. The van der Waals surface area contributed by atoms with E-state index in [0.717, 1.165) is 30.1 Å². The SMILES string of the molecule is CCCOc1ccc(OCc2cccc(C(=N)N)c2)cc1. The highest BCUT2D eigenvalue weighted by Crippen LogP contribution is 2.19. The molecule has 0 atom stereocenters. The van der Waals surface area contributed by atoms with Crippen LogP contribution in [-0.4, -0.2) is 12.4 Å². The summed E-state index contributed by atoms with van der Waals surface area (Å²) >= 11 is 0. The number of hydrogen-bond acceptors (Lipinski definition) is 3. The maximum Gasteiger partial charge on any atom is 0.122 e. The van der Waals surface area contributed by atoms with Gasteiger partial charge in [-0.05, 0) is 42.3 Å². The van der Waals surface area contributed by atoms with Crippen molar-refractivity contribution in [1.82, 2.24) is 0 Å². The van der Waals surface area contributed by atoms with Gasteiger partial charge in [0, 0.05) is 5.56 Å². The maximum absolute atomic E-state index is 7.43. The van der Waals surface area contributed by atoms with Crippen LogP contribution in [0.5, 0.6) is 11.5 Å². The van der Waals surface area contributed by atoms with Gasteiger partial charge in [-0.1, -0.05) is 25.1 Å². The van der Waals surface area contributed by atoms with E-state index in [4.69, 9.17) is 20.6 Å². The van der Waals surface area contributed by atoms with Crippen LogP contribution in [0.4, 0.5) is 0 Å². The molecule has 2 aromatic rings. The third kappa shape index (κ3) is 4.53. The van der Waals surface area contributed by atoms with Crippen LogP contribution in [0.2, 0.25) is 0 Å². The Labute approximate surface area is 125 Å². The molecule has 0 saturated heterocycles. The van der Waals surface area contributed by atoms with E-state index in [1.807, 2.05) is 48.5 Å². The smallest absolute Gasteiger partial charge is 0.122 e. The molecule has 0 spiro atoms. The molecule has 0 amide bonds. The number of amidine groups is 1. The fourth-order valence-corrected chi connectivity index (χ4v) is 1.85. The number of nitrogens with two attached hydrogens (primary N) is 1. The van der Waals surface area contributed by atoms with E-state index < -0.39 is 0 Å². The first-order valence-corrected chi connectivity index (χ1v) is 6.98. The van der Waals surface area contributed by atoms with Gasteiger partial charge in [0.15, 0.2) is 0 Å². The molecule has 0 bridgehead atoms. The van der Waals surface area contributed by atoms with Crippen LogP contribution in [-0.2, 0) is 6.61 Å². The Balaban J connectivity index is 1.93. The first-order chi connectivity index (χ1) is 10.2. The van der Waals surface area contributed by atoms with Crippen molar-refractivity contribution in [2.75, 3.05) is 6.61 Å². The fraction of sp³-hybridized carbons (Fsp3) is 0.235. The van der Waals surface area contributed by atoms with E-state index in [1.54, 1.807) is 0 Å². The van der Waals surface area contributed by atoms with Crippen molar-refractivity contribution < 1.29 is 9.47 Å². The number of rotatable bonds is 7. The Kier molecular flexibility index (Phi) is 5.21. The maximum atomic E-state index is 7.43. The van der Waals surface area contributed by atoms with Gasteiger partial charge in [-0.2, -0.15) is 0 Å². The zero-order valence-corrected chi connectivity index (χ0v) is 12.1. The molecule has 0 unspecified atom stereocenters. The van der Waals surface area contributed by atoms with E-state index in [9.17, 15) is 0 Å². The lowest BCUT2D eigenvalue weighted by Gasteiger charge is -2.09. The minimum atomic E-state index is 0.0641. The van der Waals surface area contributed by atoms with Crippen molar-refractivity contribution in [3.05, 3.63) is 59.7 Å². The second-order valence-corrected chi connectivity index (χ2v) is 4.72. The molecule has 4 heteroatoms. The van der Waals surface area contributed by atoms with Gasteiger partial charge >= 0.3 is 0 Å². The molecule has 0 aromatic heterocycles. The number of hydrogen-bond donors (Lipinski definition) is 2. The summed E-state index contributed by atoms with van der Waals surface area (Å²) < 4.78 is 11.2. The van der Waals surface area contributed by atoms with E-state index in [-0.39, 0.29) is 5.84 Å². The van der Waals surface area contributed by atoms with Gasteiger partial charge in [0.1, 0.15) is 23.9 Å². The molecule has 0 aliphatic rings. The van der Waals surface area contributed by atoms with Crippen LogP contribution < -0.4 is 15.2 Å². The lowest BCUT2D eigenvalue weighted by molar-refractivity contribution is 0.301. The normalized spacial score (nSPS) is 10.1. The molecule has 2 rings (SSSR count). The van der Waals surface area contributed by atoms with Crippen LogP contribution in [0.3, 0.4) is 0 Å². The average molecular weight is 284 g/mol. The van der Waals surface area contributed by atoms with Crippen molar-refractivity contribution in [3.63, 3.8) is 0 Å². The highest BCUT2D eigenvalue weighted by molar-refractivity contribution is 5.95. The van der Waals surface area contributed by atoms with Gasteiger partial charge in [-0.25, -0.2) is 0 Å². The molecule has 0 aliphatic heterocycles. The molecule has 0 aliphatic carbocycles. The van der Waals surface area contributed by atoms with Gasteiger partial charge in [0.2, 0.25) is 0 Å². The minimum absolute atomic E-state index is 0.0641. The summed E-state index contributed by atoms with van der Waals surface area (Å²) in [5, 5.41) is 7.43. The number of nitrogen functional groups attached to an aromatic ring is 1. The predicted octanol–water partition coefficient (Wildman–Crippen LogP) is 3.34. The first-order valence-electron chi connectivity index (χ1n) is 6.98. The Morgan fingerprint density at radius 3 is 2.33 bits per heavy atom. The summed E-state index contributed by atoms with van der Waals surface area (Å²) in [6, 6.07) is 15.1. The quantitative estimate of drug-likeness (QED) is 0.605. The summed E-state index contributed by atoms with van der Waals surface area (Å²) in [7, 11) is 0. The molecular weight excluding hydrogens is 264 g/mol. The van der Waals surface area contributed by atoms with E-state index in [1.165, 1.54) is 0 Å². The molecule has 21 heavy (non-hydrogen) atoms. The topological polar surface area (TPSA) is 68.3 Å². The van der Waals surface area contributed by atoms with Crippen LogP contribution in [0.25, 0.3) is 0 Å². The summed E-state index contributed by atoms with van der Waals surface area (Å²) in [6.45, 7) is 3.24. The summed E-state index contributed by atoms with van der Waals surface area (Å²) in [4.78, 5) is 0. The summed E-state index contributed by atoms with van der Waals surface area (Å²) in [5.74, 6) is 1.70. The van der Waals surface area contributed by atoms with Crippen LogP contribution >= 0.6 is 0 Å².